The van der Waals surface area contributed by atoms with Crippen molar-refractivity contribution in [3.05, 3.63) is 24.0 Å². The molecule has 5 nitrogen and oxygen atoms in total. The molecule has 0 fully saturated rings. The predicted octanol–water partition coefficient (Wildman–Crippen LogP) is -4.33. The minimum atomic E-state index is -3.18. The quantitative estimate of drug-likeness (QED) is 0.458. The zero-order chi connectivity index (χ0) is 11.9. The zero-order valence-electron chi connectivity index (χ0n) is 8.80. The summed E-state index contributed by atoms with van der Waals surface area (Å²) < 4.78 is 43.8. The van der Waals surface area contributed by atoms with Gasteiger partial charge in [0.2, 0.25) is 0 Å². The third kappa shape index (κ3) is 8.90. The van der Waals surface area contributed by atoms with Crippen LogP contribution in [0.5, 0.6) is 0 Å². The van der Waals surface area contributed by atoms with Crippen molar-refractivity contribution in [2.75, 3.05) is 24.6 Å². The summed E-state index contributed by atoms with van der Waals surface area (Å²) in [6.07, 6.45) is 0. The molecular weight excluding hydrogens is 274 g/mol. The van der Waals surface area contributed by atoms with Gasteiger partial charge in [0.25, 0.3) is 0 Å². The Bertz CT molecular complexity index is 373. The Hall–Kier alpha value is -0.370. The Labute approximate surface area is 103 Å². The van der Waals surface area contributed by atoms with Crippen molar-refractivity contribution in [3.63, 3.8) is 0 Å². The molecular formula is C8H16ClNO4S2. The van der Waals surface area contributed by atoms with Crippen molar-refractivity contribution in [2.24, 2.45) is 0 Å². The first-order chi connectivity index (χ1) is 6.83. The predicted molar refractivity (Wildman–Crippen MR) is 59.6 cm³/mol. The van der Waals surface area contributed by atoms with E-state index in [1.807, 2.05) is 0 Å². The van der Waals surface area contributed by atoms with Gasteiger partial charge in [-0.3, -0.25) is 0 Å². The molecule has 0 radical (unpaired) electrons. The highest BCUT2D eigenvalue weighted by atomic mass is 35.5. The van der Waals surface area contributed by atoms with E-state index >= 15 is 0 Å². The number of quaternary nitrogens is 1. The van der Waals surface area contributed by atoms with E-state index in [0.717, 1.165) is 10.8 Å². The van der Waals surface area contributed by atoms with Gasteiger partial charge in [0, 0.05) is 10.8 Å². The van der Waals surface area contributed by atoms with E-state index in [2.05, 4.69) is 13.2 Å². The largest absolute Gasteiger partial charge is 1.00 e. The van der Waals surface area contributed by atoms with E-state index in [1.54, 1.807) is 5.32 Å². The average molecular weight is 290 g/mol. The summed E-state index contributed by atoms with van der Waals surface area (Å²) in [5.41, 5.74) is 0. The highest BCUT2D eigenvalue weighted by Gasteiger charge is 2.08. The molecule has 16 heavy (non-hydrogen) atoms. The van der Waals surface area contributed by atoms with Gasteiger partial charge in [0.05, 0.1) is 13.1 Å². The van der Waals surface area contributed by atoms with Crippen LogP contribution in [0.25, 0.3) is 0 Å². The van der Waals surface area contributed by atoms with Gasteiger partial charge < -0.3 is 17.7 Å². The van der Waals surface area contributed by atoms with E-state index < -0.39 is 19.7 Å². The van der Waals surface area contributed by atoms with Gasteiger partial charge in [-0.05, 0) is 0 Å². The van der Waals surface area contributed by atoms with Crippen LogP contribution in [0.15, 0.2) is 24.0 Å². The van der Waals surface area contributed by atoms with Crippen molar-refractivity contribution in [1.82, 2.24) is 0 Å². The number of nitrogens with two attached hydrogens (primary N) is 1. The molecule has 0 spiro atoms. The van der Waals surface area contributed by atoms with Gasteiger partial charge in [0.1, 0.15) is 11.5 Å². The van der Waals surface area contributed by atoms with Gasteiger partial charge in [-0.25, -0.2) is 16.8 Å². The van der Waals surface area contributed by atoms with Crippen LogP contribution in [0, 0.1) is 0 Å². The van der Waals surface area contributed by atoms with Crippen LogP contribution in [0.4, 0.5) is 0 Å². The Kier molecular flexibility index (Phi) is 8.81. The monoisotopic (exact) mass is 289 g/mol. The molecule has 0 amide bonds. The Morgan fingerprint density at radius 2 is 1.19 bits per heavy atom. The van der Waals surface area contributed by atoms with Crippen LogP contribution >= 0.6 is 0 Å². The second kappa shape index (κ2) is 7.83. The van der Waals surface area contributed by atoms with E-state index in [4.69, 9.17) is 0 Å². The number of hydrogen-bond donors (Lipinski definition) is 1. The van der Waals surface area contributed by atoms with E-state index in [9.17, 15) is 16.8 Å². The summed E-state index contributed by atoms with van der Waals surface area (Å²) in [5.74, 6) is -0.0464. The fourth-order valence-corrected chi connectivity index (χ4v) is 2.13. The van der Waals surface area contributed by atoms with Crippen LogP contribution < -0.4 is 17.7 Å². The summed E-state index contributed by atoms with van der Waals surface area (Å²) in [6, 6.07) is 0. The highest BCUT2D eigenvalue weighted by Crippen LogP contribution is 1.87. The minimum absolute atomic E-state index is 0. The fourth-order valence-electron chi connectivity index (χ4n) is 0.806. The van der Waals surface area contributed by atoms with Crippen LogP contribution in [-0.2, 0) is 19.7 Å². The molecule has 8 heteroatoms. The Morgan fingerprint density at radius 1 is 0.875 bits per heavy atom. The van der Waals surface area contributed by atoms with Gasteiger partial charge in [-0.1, -0.05) is 13.2 Å². The highest BCUT2D eigenvalue weighted by molar-refractivity contribution is 7.94. The molecule has 0 heterocycles. The maximum absolute atomic E-state index is 10.9. The van der Waals surface area contributed by atoms with E-state index in [-0.39, 0.29) is 23.9 Å². The van der Waals surface area contributed by atoms with Crippen molar-refractivity contribution in [2.45, 2.75) is 0 Å². The SMILES string of the molecule is C=CS(=O)(=O)CC[NH2+]CCS(=O)(=O)C=C.[Cl-]. The average Bonchev–Trinajstić information content (AvgIpc) is 2.17. The molecule has 0 aromatic carbocycles. The van der Waals surface area contributed by atoms with E-state index in [1.165, 1.54) is 0 Å². The van der Waals surface area contributed by atoms with Crippen molar-refractivity contribution >= 4 is 19.7 Å². The summed E-state index contributed by atoms with van der Waals surface area (Å²) >= 11 is 0. The topological polar surface area (TPSA) is 84.9 Å². The Morgan fingerprint density at radius 3 is 1.44 bits per heavy atom. The molecule has 2 N–H and O–H groups in total. The maximum Gasteiger partial charge on any atom is 0.176 e. The smallest absolute Gasteiger partial charge is 0.176 e. The van der Waals surface area contributed by atoms with Crippen molar-refractivity contribution < 1.29 is 34.6 Å². The third-order valence-electron chi connectivity index (χ3n) is 1.72. The molecule has 0 bridgehead atoms. The van der Waals surface area contributed by atoms with E-state index in [0.29, 0.717) is 13.1 Å². The summed E-state index contributed by atoms with van der Waals surface area (Å²) in [5, 5.41) is 3.45. The number of hydrogen-bond acceptors (Lipinski definition) is 4. The third-order valence-corrected chi connectivity index (χ3v) is 4.35. The minimum Gasteiger partial charge on any atom is -1.00 e. The number of rotatable bonds is 8. The molecule has 0 aliphatic rings. The molecule has 0 aromatic rings. The molecule has 0 saturated carbocycles. The summed E-state index contributed by atoms with van der Waals surface area (Å²) in [7, 11) is -6.36. The number of sulfone groups is 2. The molecule has 0 aliphatic heterocycles. The first kappa shape index (κ1) is 18.0. The molecule has 0 aliphatic carbocycles. The van der Waals surface area contributed by atoms with Gasteiger partial charge in [-0.2, -0.15) is 0 Å². The van der Waals surface area contributed by atoms with Gasteiger partial charge in [-0.15, -0.1) is 0 Å². The maximum atomic E-state index is 10.9. The van der Waals surface area contributed by atoms with Crippen molar-refractivity contribution in [1.29, 1.82) is 0 Å². The van der Waals surface area contributed by atoms with Crippen LogP contribution in [0.3, 0.4) is 0 Å². The number of halogens is 1. The molecule has 0 atom stereocenters. The first-order valence-electron chi connectivity index (χ1n) is 4.35. The Balaban J connectivity index is 0. The van der Waals surface area contributed by atoms with Gasteiger partial charge >= 0.3 is 0 Å². The molecule has 96 valence electrons. The lowest BCUT2D eigenvalue weighted by molar-refractivity contribution is -0.646. The molecule has 0 aromatic heterocycles. The lowest BCUT2D eigenvalue weighted by atomic mass is 10.7. The van der Waals surface area contributed by atoms with Crippen LogP contribution in [0.2, 0.25) is 0 Å². The summed E-state index contributed by atoms with van der Waals surface area (Å²) in [6.45, 7) is 7.01. The first-order valence-corrected chi connectivity index (χ1v) is 7.78. The van der Waals surface area contributed by atoms with Crippen molar-refractivity contribution in [3.8, 4) is 0 Å². The molecule has 0 saturated heterocycles. The molecule has 0 unspecified atom stereocenters. The lowest BCUT2D eigenvalue weighted by Gasteiger charge is -2.00. The summed E-state index contributed by atoms with van der Waals surface area (Å²) in [4.78, 5) is 0. The molecule has 0 rings (SSSR count). The standard InChI is InChI=1S/C8H15NO4S2.ClH/c1-3-14(10,11)7-5-9-6-8-15(12,13)4-2;/h3-4,9H,1-2,5-8H2;1H. The van der Waals surface area contributed by atoms with Crippen LogP contribution in [0.1, 0.15) is 0 Å². The normalized spacial score (nSPS) is 11.5. The second-order valence-electron chi connectivity index (χ2n) is 2.93. The van der Waals surface area contributed by atoms with Crippen LogP contribution in [-0.4, -0.2) is 41.4 Å². The lowest BCUT2D eigenvalue weighted by Crippen LogP contribution is -3.00. The fraction of sp³-hybridized carbons (Fsp3) is 0.500. The van der Waals surface area contributed by atoms with Gasteiger partial charge in [0.15, 0.2) is 19.7 Å². The second-order valence-corrected chi connectivity index (χ2v) is 7.07. The zero-order valence-corrected chi connectivity index (χ0v) is 11.2.